The van der Waals surface area contributed by atoms with Gasteiger partial charge in [0.2, 0.25) is 0 Å². The van der Waals surface area contributed by atoms with Gasteiger partial charge in [0.1, 0.15) is 10.7 Å². The third-order valence-corrected chi connectivity index (χ3v) is 6.35. The van der Waals surface area contributed by atoms with Crippen molar-refractivity contribution in [3.8, 4) is 0 Å². The van der Waals surface area contributed by atoms with E-state index in [1.165, 1.54) is 12.1 Å². The molecule has 0 unspecified atom stereocenters. The molecule has 0 atom stereocenters. The summed E-state index contributed by atoms with van der Waals surface area (Å²) in [5, 5.41) is 0. The van der Waals surface area contributed by atoms with Crippen molar-refractivity contribution in [2.75, 3.05) is 0 Å². The number of carbonyl (C=O) groups excluding carboxylic acids is 4. The molecule has 3 rings (SSSR count). The van der Waals surface area contributed by atoms with Gasteiger partial charge in [-0.2, -0.15) is 12.7 Å². The van der Waals surface area contributed by atoms with E-state index in [1.807, 2.05) is 0 Å². The van der Waals surface area contributed by atoms with Gasteiger partial charge in [-0.25, -0.2) is 8.42 Å². The first-order chi connectivity index (χ1) is 12.0. The lowest BCUT2D eigenvalue weighted by atomic mass is 10.2. The van der Waals surface area contributed by atoms with Gasteiger partial charge in [-0.05, 0) is 19.1 Å². The molecular formula is C13H8N2O9S2. The monoisotopic (exact) mass is 400 g/mol. The average molecular weight is 400 g/mol. The van der Waals surface area contributed by atoms with E-state index in [-0.39, 0.29) is 15.6 Å². The Balaban J connectivity index is 2.05. The van der Waals surface area contributed by atoms with Gasteiger partial charge in [-0.1, -0.05) is 12.1 Å². The summed E-state index contributed by atoms with van der Waals surface area (Å²) in [5.41, 5.74) is -0.367. The number of sulfonamides is 1. The highest BCUT2D eigenvalue weighted by molar-refractivity contribution is 7.91. The molecule has 0 N–H and O–H groups in total. The predicted octanol–water partition coefficient (Wildman–Crippen LogP) is -1.11. The average Bonchev–Trinajstić information content (AvgIpc) is 2.72. The maximum Gasteiger partial charge on any atom is 0.419 e. The van der Waals surface area contributed by atoms with Crippen molar-refractivity contribution in [3.63, 3.8) is 0 Å². The highest BCUT2D eigenvalue weighted by atomic mass is 32.2. The van der Waals surface area contributed by atoms with Gasteiger partial charge in [-0.3, -0.25) is 19.2 Å². The summed E-state index contributed by atoms with van der Waals surface area (Å²) in [4.78, 5) is 48.0. The van der Waals surface area contributed by atoms with Crippen LogP contribution in [-0.4, -0.2) is 49.1 Å². The second-order valence-corrected chi connectivity index (χ2v) is 8.22. The first kappa shape index (κ1) is 17.8. The van der Waals surface area contributed by atoms with Gasteiger partial charge >= 0.3 is 22.1 Å². The number of fused-ring (bicyclic) bond motifs is 1. The Morgan fingerprint density at radius 1 is 0.962 bits per heavy atom. The Morgan fingerprint density at radius 3 is 2.12 bits per heavy atom. The Kier molecular flexibility index (Phi) is 3.73. The Morgan fingerprint density at radius 2 is 1.54 bits per heavy atom. The third kappa shape index (κ3) is 2.40. The fourth-order valence-corrected chi connectivity index (χ4v) is 4.83. The number of carbonyl (C=O) groups is 4. The molecule has 136 valence electrons. The first-order valence-electron chi connectivity index (χ1n) is 6.72. The number of hydrogen-bond donors (Lipinski definition) is 0. The molecule has 0 radical (unpaired) electrons. The van der Waals surface area contributed by atoms with Crippen molar-refractivity contribution in [3.05, 3.63) is 41.7 Å². The fraction of sp³-hybridized carbons (Fsp3) is 0.0769. The Bertz CT molecular complexity index is 1130. The van der Waals surface area contributed by atoms with Crippen LogP contribution in [-0.2, 0) is 38.9 Å². The summed E-state index contributed by atoms with van der Waals surface area (Å²) in [5.74, 6) is -7.23. The first-order valence-corrected chi connectivity index (χ1v) is 9.53. The van der Waals surface area contributed by atoms with E-state index in [0.29, 0.717) is 6.08 Å². The molecule has 11 nitrogen and oxygen atoms in total. The van der Waals surface area contributed by atoms with Gasteiger partial charge in [0.05, 0.1) is 5.56 Å². The van der Waals surface area contributed by atoms with Crippen molar-refractivity contribution >= 4 is 44.0 Å². The molecule has 2 aliphatic rings. The number of nitrogens with zero attached hydrogens (tertiary/aromatic N) is 2. The third-order valence-electron chi connectivity index (χ3n) is 3.36. The van der Waals surface area contributed by atoms with E-state index in [4.69, 9.17) is 0 Å². The predicted molar refractivity (Wildman–Crippen MR) is 80.4 cm³/mol. The van der Waals surface area contributed by atoms with Gasteiger partial charge in [0.25, 0.3) is 21.8 Å². The molecule has 0 aromatic heterocycles. The summed E-state index contributed by atoms with van der Waals surface area (Å²) >= 11 is 0. The maximum absolute atomic E-state index is 12.4. The van der Waals surface area contributed by atoms with Crippen LogP contribution in [0.5, 0.6) is 0 Å². The molecule has 1 aromatic rings. The zero-order chi connectivity index (χ0) is 19.4. The van der Waals surface area contributed by atoms with E-state index in [0.717, 1.165) is 19.1 Å². The molecule has 13 heteroatoms. The molecule has 26 heavy (non-hydrogen) atoms. The molecule has 0 aliphatic carbocycles. The van der Waals surface area contributed by atoms with Crippen LogP contribution in [0.25, 0.3) is 0 Å². The van der Waals surface area contributed by atoms with Crippen LogP contribution in [0, 0.1) is 0 Å². The minimum atomic E-state index is -5.01. The highest BCUT2D eigenvalue weighted by Crippen LogP contribution is 2.30. The molecule has 0 fully saturated rings. The normalized spacial score (nSPS) is 20.3. The Labute approximate surface area is 146 Å². The zero-order valence-corrected chi connectivity index (χ0v) is 14.4. The molecule has 0 spiro atoms. The quantitative estimate of drug-likeness (QED) is 0.493. The largest absolute Gasteiger partial charge is 0.419 e. The van der Waals surface area contributed by atoms with Gasteiger partial charge in [0.15, 0.2) is 0 Å². The van der Waals surface area contributed by atoms with E-state index >= 15 is 0 Å². The van der Waals surface area contributed by atoms with Crippen molar-refractivity contribution in [2.45, 2.75) is 11.8 Å². The van der Waals surface area contributed by atoms with Crippen LogP contribution in [0.1, 0.15) is 17.3 Å². The summed E-state index contributed by atoms with van der Waals surface area (Å²) in [6.45, 7) is 1.12. The van der Waals surface area contributed by atoms with Gasteiger partial charge in [-0.15, -0.1) is 4.31 Å². The summed E-state index contributed by atoms with van der Waals surface area (Å²) < 4.78 is 51.8. The van der Waals surface area contributed by atoms with Crippen LogP contribution in [0.2, 0.25) is 0 Å². The Hall–Kier alpha value is -3.06. The minimum Gasteiger partial charge on any atom is -0.371 e. The molecule has 1 aromatic carbocycles. The summed E-state index contributed by atoms with van der Waals surface area (Å²) in [6.07, 6.45) is 0.612. The van der Waals surface area contributed by atoms with E-state index in [9.17, 15) is 36.0 Å². The number of imide groups is 2. The van der Waals surface area contributed by atoms with Gasteiger partial charge < -0.3 is 4.18 Å². The molecule has 4 amide bonds. The van der Waals surface area contributed by atoms with Crippen molar-refractivity contribution in [1.82, 2.24) is 8.61 Å². The standard InChI is InChI=1S/C13H8N2O9S2/c1-7-6-10(16)14(26(22,23)24-7)12(18)13(19)15-11(17)8-4-2-3-5-9(8)25(15,20)21/h2-6H,1H3. The summed E-state index contributed by atoms with van der Waals surface area (Å²) in [6, 6.07) is 4.78. The lowest BCUT2D eigenvalue weighted by molar-refractivity contribution is -0.148. The molecule has 0 bridgehead atoms. The number of allylic oxidation sites excluding steroid dienone is 1. The SMILES string of the molecule is CC1=CC(=O)N(C(=O)C(=O)N2C(=O)c3ccccc3S2(=O)=O)S(=O)(=O)O1. The molecule has 2 aliphatic heterocycles. The van der Waals surface area contributed by atoms with Crippen LogP contribution < -0.4 is 0 Å². The number of rotatable bonds is 0. The van der Waals surface area contributed by atoms with E-state index in [1.54, 1.807) is 0 Å². The molecule has 0 saturated carbocycles. The summed E-state index contributed by atoms with van der Waals surface area (Å²) in [7, 11) is -9.73. The van der Waals surface area contributed by atoms with Crippen LogP contribution in [0.15, 0.2) is 41.0 Å². The molecule has 0 saturated heterocycles. The van der Waals surface area contributed by atoms with Crippen molar-refractivity contribution in [1.29, 1.82) is 0 Å². The number of benzene rings is 1. The number of hydrogen-bond acceptors (Lipinski definition) is 9. The van der Waals surface area contributed by atoms with E-state index < -0.39 is 53.2 Å². The molecular weight excluding hydrogens is 392 g/mol. The van der Waals surface area contributed by atoms with Crippen LogP contribution in [0.3, 0.4) is 0 Å². The van der Waals surface area contributed by atoms with Crippen LogP contribution >= 0.6 is 0 Å². The zero-order valence-electron chi connectivity index (χ0n) is 12.8. The van der Waals surface area contributed by atoms with Gasteiger partial charge in [0, 0.05) is 6.08 Å². The smallest absolute Gasteiger partial charge is 0.371 e. The second-order valence-electron chi connectivity index (χ2n) is 5.08. The van der Waals surface area contributed by atoms with Crippen molar-refractivity contribution < 1.29 is 40.2 Å². The second kappa shape index (κ2) is 5.47. The lowest BCUT2D eigenvalue weighted by Gasteiger charge is -2.23. The van der Waals surface area contributed by atoms with Crippen LogP contribution in [0.4, 0.5) is 0 Å². The molecule has 2 heterocycles. The van der Waals surface area contributed by atoms with E-state index in [2.05, 4.69) is 4.18 Å². The number of amides is 4. The highest BCUT2D eigenvalue weighted by Gasteiger charge is 2.51. The lowest BCUT2D eigenvalue weighted by Crippen LogP contribution is -2.52. The minimum absolute atomic E-state index is 0.358. The maximum atomic E-state index is 12.4. The topological polar surface area (TPSA) is 152 Å². The van der Waals surface area contributed by atoms with Crippen molar-refractivity contribution in [2.24, 2.45) is 0 Å². The fourth-order valence-electron chi connectivity index (χ4n) is 2.33.